The quantitative estimate of drug-likeness (QED) is 0.133. The van der Waals surface area contributed by atoms with Crippen LogP contribution in [0.15, 0.2) is 243 Å². The van der Waals surface area contributed by atoms with Crippen molar-refractivity contribution >= 4 is 183 Å². The summed E-state index contributed by atoms with van der Waals surface area (Å²) in [6.07, 6.45) is 0. The average Bonchev–Trinajstić information content (AvgIpc) is 3.43. The molecule has 18 aromatic carbocycles. The van der Waals surface area contributed by atoms with Crippen LogP contribution in [0.3, 0.4) is 0 Å². The van der Waals surface area contributed by atoms with Gasteiger partial charge in [0, 0.05) is 0 Å². The molecule has 0 fully saturated rings. The van der Waals surface area contributed by atoms with Gasteiger partial charge >= 0.3 is 0 Å². The Labute approximate surface area is 423 Å². The highest BCUT2D eigenvalue weighted by atomic mass is 14.2. The third kappa shape index (κ3) is 5.85. The monoisotopic (exact) mass is 928 g/mol. The molecule has 0 radical (unpaired) electrons. The lowest BCUT2D eigenvalue weighted by atomic mass is 9.93. The number of hydrogen-bond donors (Lipinski definition) is 0. The van der Waals surface area contributed by atoms with Crippen LogP contribution in [-0.4, -0.2) is 0 Å². The van der Waals surface area contributed by atoms with E-state index in [2.05, 4.69) is 243 Å². The van der Waals surface area contributed by atoms with Crippen LogP contribution in [0.4, 0.5) is 0 Å². The second kappa shape index (κ2) is 14.1. The van der Waals surface area contributed by atoms with E-state index in [-0.39, 0.29) is 0 Å². The molecule has 0 saturated heterocycles. The molecule has 0 heterocycles. The molecule has 0 nitrogen and oxygen atoms in total. The lowest BCUT2D eigenvalue weighted by Gasteiger charge is -2.11. The molecule has 0 spiro atoms. The summed E-state index contributed by atoms with van der Waals surface area (Å²) in [5.74, 6) is 0. The van der Waals surface area contributed by atoms with E-state index in [1.54, 1.807) is 0 Å². The van der Waals surface area contributed by atoms with Crippen LogP contribution in [0, 0.1) is 0 Å². The largest absolute Gasteiger partial charge is 0.0616 e. The Kier molecular flexibility index (Phi) is 7.43. The van der Waals surface area contributed by atoms with Crippen molar-refractivity contribution in [3.63, 3.8) is 0 Å². The molecule has 0 N–H and O–H groups in total. The van der Waals surface area contributed by atoms with Crippen molar-refractivity contribution < 1.29 is 0 Å². The van der Waals surface area contributed by atoms with Crippen LogP contribution in [0.25, 0.3) is 183 Å². The zero-order valence-electron chi connectivity index (χ0n) is 40.1. The van der Waals surface area contributed by atoms with E-state index in [0.29, 0.717) is 0 Å². The van der Waals surface area contributed by atoms with Crippen molar-refractivity contribution in [3.05, 3.63) is 243 Å². The molecular formula is C74H40. The number of rotatable bonds is 0. The molecule has 336 valence electrons. The predicted octanol–water partition coefficient (Wildman–Crippen LogP) is 21.3. The summed E-state index contributed by atoms with van der Waals surface area (Å²) in [4.78, 5) is 0. The van der Waals surface area contributed by atoms with Crippen LogP contribution in [0.5, 0.6) is 0 Å². The van der Waals surface area contributed by atoms with E-state index in [1.807, 2.05) is 0 Å². The molecule has 18 aromatic rings. The van der Waals surface area contributed by atoms with E-state index in [4.69, 9.17) is 0 Å². The Morgan fingerprint density at radius 3 is 0.230 bits per heavy atom. The maximum Gasteiger partial charge on any atom is -0.0171 e. The molecule has 0 atom stereocenters. The molecule has 0 bridgehead atoms. The van der Waals surface area contributed by atoms with Crippen molar-refractivity contribution in [2.24, 2.45) is 0 Å². The minimum Gasteiger partial charge on any atom is -0.0616 e. The lowest BCUT2D eigenvalue weighted by Crippen LogP contribution is -1.84. The van der Waals surface area contributed by atoms with Gasteiger partial charge in [-0.15, -0.1) is 0 Å². The van der Waals surface area contributed by atoms with Crippen LogP contribution in [0.2, 0.25) is 0 Å². The Balaban J connectivity index is 0.722. The van der Waals surface area contributed by atoms with Gasteiger partial charge < -0.3 is 0 Å². The summed E-state index contributed by atoms with van der Waals surface area (Å²) >= 11 is 0. The fourth-order valence-corrected chi connectivity index (χ4v) is 13.2. The van der Waals surface area contributed by atoms with Crippen molar-refractivity contribution in [1.29, 1.82) is 0 Å². The molecule has 18 rings (SSSR count). The third-order valence-corrected chi connectivity index (χ3v) is 16.9. The average molecular weight is 929 g/mol. The first kappa shape index (κ1) is 39.0. The van der Waals surface area contributed by atoms with Crippen molar-refractivity contribution in [1.82, 2.24) is 0 Å². The fourth-order valence-electron chi connectivity index (χ4n) is 13.2. The molecule has 0 aromatic heterocycles. The molecule has 0 aliphatic carbocycles. The van der Waals surface area contributed by atoms with Gasteiger partial charge in [0.2, 0.25) is 0 Å². The van der Waals surface area contributed by atoms with Gasteiger partial charge in [0.25, 0.3) is 0 Å². The lowest BCUT2D eigenvalue weighted by molar-refractivity contribution is 1.79. The van der Waals surface area contributed by atoms with Crippen LogP contribution >= 0.6 is 0 Å². The summed E-state index contributed by atoms with van der Waals surface area (Å²) in [6.45, 7) is 0. The summed E-state index contributed by atoms with van der Waals surface area (Å²) in [5, 5.41) is 43.3. The van der Waals surface area contributed by atoms with Gasteiger partial charge in [0.1, 0.15) is 0 Å². The minimum absolute atomic E-state index is 1.27. The standard InChI is InChI=1S/C74H40/c1-2-6-42-10-46-14-50-18-54-22-58-26-62-30-66-34-70-38-74-40-72-36-68-32-64-28-60-24-56-20-52-16-48-12-44-8-4-3-7-43(44)11-47(48)15-51(52)19-55(56)23-59(60)27-63(64)31-67(68)35-71(72)39-73(74)37-69(70)33-65(66)29-61(62)25-57(58)21-53(54)17-49(50)13-45(46)9-41(42)5-1/h1-40H. The molecule has 0 aliphatic rings. The Hall–Kier alpha value is -9.62. The van der Waals surface area contributed by atoms with Crippen LogP contribution in [-0.2, 0) is 0 Å². The predicted molar refractivity (Wildman–Crippen MR) is 324 cm³/mol. The summed E-state index contributed by atoms with van der Waals surface area (Å²) in [6, 6.07) is 93.3. The first-order valence-electron chi connectivity index (χ1n) is 25.9. The van der Waals surface area contributed by atoms with E-state index in [9.17, 15) is 0 Å². The highest BCUT2D eigenvalue weighted by Gasteiger charge is 2.12. The van der Waals surface area contributed by atoms with Gasteiger partial charge in [-0.1, -0.05) is 48.5 Å². The Bertz CT molecular complexity index is 4970. The summed E-state index contributed by atoms with van der Waals surface area (Å²) in [5.41, 5.74) is 0. The molecule has 0 amide bonds. The number of hydrogen-bond acceptors (Lipinski definition) is 0. The molecular weight excluding hydrogens is 889 g/mol. The Morgan fingerprint density at radius 2 is 0.149 bits per heavy atom. The van der Waals surface area contributed by atoms with Gasteiger partial charge in [0.05, 0.1) is 0 Å². The van der Waals surface area contributed by atoms with Gasteiger partial charge in [-0.05, 0) is 377 Å². The third-order valence-electron chi connectivity index (χ3n) is 16.9. The second-order valence-electron chi connectivity index (χ2n) is 21.5. The summed E-state index contributed by atoms with van der Waals surface area (Å²) < 4.78 is 0. The summed E-state index contributed by atoms with van der Waals surface area (Å²) in [7, 11) is 0. The topological polar surface area (TPSA) is 0 Å². The van der Waals surface area contributed by atoms with Crippen molar-refractivity contribution in [2.45, 2.75) is 0 Å². The maximum atomic E-state index is 2.39. The SMILES string of the molecule is c1ccc2cc3cc4cc5cc6cc7cc8cc9cc%10cc%11cc%12cc%13cc%14cc%15cc%16cc%17cc%18ccccc%18cc%17cc%16cc%15cc%14cc%13cc%12cc%11cc%10cc9cc8cc7cc6cc5cc4cc3cc2c1. The van der Waals surface area contributed by atoms with Gasteiger partial charge in [0.15, 0.2) is 0 Å². The smallest absolute Gasteiger partial charge is 0.0171 e. The number of fused-ring (bicyclic) bond motifs is 17. The van der Waals surface area contributed by atoms with E-state index >= 15 is 0 Å². The first-order chi connectivity index (χ1) is 36.4. The highest BCUT2D eigenvalue weighted by molar-refractivity contribution is 6.18. The molecule has 0 heteroatoms. The normalized spacial score (nSPS) is 12.6. The van der Waals surface area contributed by atoms with Gasteiger partial charge in [-0.3, -0.25) is 0 Å². The first-order valence-corrected chi connectivity index (χ1v) is 25.9. The highest BCUT2D eigenvalue weighted by Crippen LogP contribution is 2.39. The van der Waals surface area contributed by atoms with Crippen molar-refractivity contribution in [2.75, 3.05) is 0 Å². The Morgan fingerprint density at radius 1 is 0.0811 bits per heavy atom. The van der Waals surface area contributed by atoms with Crippen LogP contribution < -0.4 is 0 Å². The zero-order valence-corrected chi connectivity index (χ0v) is 40.1. The van der Waals surface area contributed by atoms with E-state index < -0.39 is 0 Å². The fraction of sp³-hybridized carbons (Fsp3) is 0. The minimum atomic E-state index is 1.27. The van der Waals surface area contributed by atoms with E-state index in [0.717, 1.165) is 0 Å². The molecule has 0 aliphatic heterocycles. The van der Waals surface area contributed by atoms with Gasteiger partial charge in [-0.2, -0.15) is 0 Å². The van der Waals surface area contributed by atoms with Crippen LogP contribution in [0.1, 0.15) is 0 Å². The van der Waals surface area contributed by atoms with E-state index in [1.165, 1.54) is 183 Å². The molecule has 0 unspecified atom stereocenters. The molecule has 74 heavy (non-hydrogen) atoms. The van der Waals surface area contributed by atoms with Gasteiger partial charge in [-0.25, -0.2) is 0 Å². The van der Waals surface area contributed by atoms with Crippen molar-refractivity contribution in [3.8, 4) is 0 Å². The second-order valence-corrected chi connectivity index (χ2v) is 21.5. The molecule has 0 saturated carbocycles. The zero-order chi connectivity index (χ0) is 47.9. The maximum absolute atomic E-state index is 2.39. The number of benzene rings is 18.